The van der Waals surface area contributed by atoms with Crippen LogP contribution >= 0.6 is 0 Å². The van der Waals surface area contributed by atoms with Crippen LogP contribution in [0.3, 0.4) is 0 Å². The number of aromatic nitrogens is 1. The highest BCUT2D eigenvalue weighted by Gasteiger charge is 2.17. The summed E-state index contributed by atoms with van der Waals surface area (Å²) in [4.78, 5) is 0. The fourth-order valence-electron chi connectivity index (χ4n) is 2.28. The predicted molar refractivity (Wildman–Crippen MR) is 67.8 cm³/mol. The zero-order valence-electron chi connectivity index (χ0n) is 10.4. The van der Waals surface area contributed by atoms with Gasteiger partial charge in [0.05, 0.1) is 12.1 Å². The monoisotopic (exact) mass is 235 g/mol. The van der Waals surface area contributed by atoms with Gasteiger partial charge < -0.3 is 9.67 Å². The summed E-state index contributed by atoms with van der Waals surface area (Å²) in [5, 5.41) is 9.92. The van der Waals surface area contributed by atoms with Gasteiger partial charge >= 0.3 is 0 Å². The molecule has 0 radical (unpaired) electrons. The van der Waals surface area contributed by atoms with Crippen LogP contribution in [-0.4, -0.2) is 16.3 Å². The molecule has 0 spiro atoms. The van der Waals surface area contributed by atoms with E-state index in [4.69, 9.17) is 0 Å². The fraction of sp³-hybridized carbons (Fsp3) is 0.429. The highest BCUT2D eigenvalue weighted by molar-refractivity contribution is 5.82. The predicted octanol–water partition coefficient (Wildman–Crippen LogP) is 3.46. The third-order valence-electron chi connectivity index (χ3n) is 3.15. The maximum absolute atomic E-state index is 13.7. The lowest BCUT2D eigenvalue weighted by Gasteiger charge is -2.17. The van der Waals surface area contributed by atoms with E-state index >= 15 is 0 Å². The lowest BCUT2D eigenvalue weighted by molar-refractivity contribution is 0.268. The molecule has 0 saturated carbocycles. The van der Waals surface area contributed by atoms with Gasteiger partial charge in [0.1, 0.15) is 5.82 Å². The van der Waals surface area contributed by atoms with E-state index in [-0.39, 0.29) is 24.4 Å². The third kappa shape index (κ3) is 1.95. The molecule has 1 aromatic carbocycles. The first-order chi connectivity index (χ1) is 8.06. The average molecular weight is 235 g/mol. The second-order valence-electron chi connectivity index (χ2n) is 4.79. The van der Waals surface area contributed by atoms with Crippen molar-refractivity contribution in [1.29, 1.82) is 0 Å². The molecule has 2 rings (SSSR count). The standard InChI is InChI=1S/C14H18FNO/c1-9(2)16-13-6-4-5-12(15)11(13)7-14(16)10(3)8-17/h4-7,9-10,17H,8H2,1-3H3. The highest BCUT2D eigenvalue weighted by Crippen LogP contribution is 2.30. The van der Waals surface area contributed by atoms with Gasteiger partial charge in [0.25, 0.3) is 0 Å². The van der Waals surface area contributed by atoms with Crippen molar-refractivity contribution in [3.05, 3.63) is 35.8 Å². The van der Waals surface area contributed by atoms with Crippen LogP contribution < -0.4 is 0 Å². The van der Waals surface area contributed by atoms with Gasteiger partial charge in [-0.2, -0.15) is 0 Å². The second kappa shape index (κ2) is 4.49. The smallest absolute Gasteiger partial charge is 0.132 e. The first-order valence-electron chi connectivity index (χ1n) is 5.96. The number of aliphatic hydroxyl groups excluding tert-OH is 1. The van der Waals surface area contributed by atoms with Crippen LogP contribution in [-0.2, 0) is 0 Å². The molecule has 1 aromatic heterocycles. The van der Waals surface area contributed by atoms with Crippen LogP contribution in [0.15, 0.2) is 24.3 Å². The lowest BCUT2D eigenvalue weighted by Crippen LogP contribution is -2.10. The minimum absolute atomic E-state index is 0.0178. The molecule has 0 aliphatic heterocycles. The normalized spacial score (nSPS) is 13.5. The Balaban J connectivity index is 2.75. The summed E-state index contributed by atoms with van der Waals surface area (Å²) in [6.07, 6.45) is 0. The Bertz CT molecular complexity index is 530. The molecule has 1 atom stereocenters. The van der Waals surface area contributed by atoms with E-state index in [0.29, 0.717) is 5.39 Å². The summed E-state index contributed by atoms with van der Waals surface area (Å²) in [7, 11) is 0. The summed E-state index contributed by atoms with van der Waals surface area (Å²) < 4.78 is 15.8. The van der Waals surface area contributed by atoms with E-state index in [0.717, 1.165) is 11.2 Å². The number of hydrogen-bond acceptors (Lipinski definition) is 1. The molecule has 3 heteroatoms. The minimum atomic E-state index is -0.201. The SMILES string of the molecule is CC(CO)c1cc2c(F)cccc2n1C(C)C. The van der Waals surface area contributed by atoms with E-state index in [1.807, 2.05) is 19.1 Å². The van der Waals surface area contributed by atoms with Gasteiger partial charge in [0, 0.05) is 23.0 Å². The molecule has 0 bridgehead atoms. The highest BCUT2D eigenvalue weighted by atomic mass is 19.1. The summed E-state index contributed by atoms with van der Waals surface area (Å²) in [5.74, 6) is -0.183. The van der Waals surface area contributed by atoms with Crippen LogP contribution in [0, 0.1) is 5.82 Å². The van der Waals surface area contributed by atoms with Crippen molar-refractivity contribution >= 4 is 10.9 Å². The van der Waals surface area contributed by atoms with Crippen molar-refractivity contribution in [2.45, 2.75) is 32.7 Å². The van der Waals surface area contributed by atoms with Gasteiger partial charge in [0.2, 0.25) is 0 Å². The molecule has 0 amide bonds. The Labute approximate surface area is 101 Å². The van der Waals surface area contributed by atoms with Gasteiger partial charge in [-0.25, -0.2) is 4.39 Å². The van der Waals surface area contributed by atoms with Crippen LogP contribution in [0.25, 0.3) is 10.9 Å². The third-order valence-corrected chi connectivity index (χ3v) is 3.15. The topological polar surface area (TPSA) is 25.2 Å². The van der Waals surface area contributed by atoms with Crippen molar-refractivity contribution in [2.75, 3.05) is 6.61 Å². The van der Waals surface area contributed by atoms with Crippen molar-refractivity contribution in [1.82, 2.24) is 4.57 Å². The molecular weight excluding hydrogens is 217 g/mol. The zero-order chi connectivity index (χ0) is 12.6. The summed E-state index contributed by atoms with van der Waals surface area (Å²) in [6.45, 7) is 6.16. The molecule has 0 saturated heterocycles. The Hall–Kier alpha value is -1.35. The van der Waals surface area contributed by atoms with E-state index in [9.17, 15) is 9.50 Å². The first-order valence-corrected chi connectivity index (χ1v) is 5.96. The molecule has 92 valence electrons. The van der Waals surface area contributed by atoms with Crippen molar-refractivity contribution in [3.63, 3.8) is 0 Å². The van der Waals surface area contributed by atoms with Crippen molar-refractivity contribution in [2.24, 2.45) is 0 Å². The molecule has 17 heavy (non-hydrogen) atoms. The molecule has 1 unspecified atom stereocenters. The van der Waals surface area contributed by atoms with Crippen molar-refractivity contribution in [3.8, 4) is 0 Å². The fourth-order valence-corrected chi connectivity index (χ4v) is 2.28. The van der Waals surface area contributed by atoms with Gasteiger partial charge in [-0.3, -0.25) is 0 Å². The van der Waals surface area contributed by atoms with Crippen LogP contribution in [0.4, 0.5) is 4.39 Å². The molecule has 0 fully saturated rings. The molecule has 1 N–H and O–H groups in total. The quantitative estimate of drug-likeness (QED) is 0.866. The van der Waals surface area contributed by atoms with Gasteiger partial charge in [-0.05, 0) is 32.0 Å². The Kier molecular flexibility index (Phi) is 3.20. The minimum Gasteiger partial charge on any atom is -0.396 e. The van der Waals surface area contributed by atoms with Crippen LogP contribution in [0.1, 0.15) is 38.4 Å². The van der Waals surface area contributed by atoms with E-state index < -0.39 is 0 Å². The van der Waals surface area contributed by atoms with Gasteiger partial charge in [-0.15, -0.1) is 0 Å². The van der Waals surface area contributed by atoms with E-state index in [1.54, 1.807) is 6.07 Å². The number of rotatable bonds is 3. The van der Waals surface area contributed by atoms with Crippen molar-refractivity contribution < 1.29 is 9.50 Å². The molecule has 2 nitrogen and oxygen atoms in total. The second-order valence-corrected chi connectivity index (χ2v) is 4.79. The Morgan fingerprint density at radius 3 is 2.59 bits per heavy atom. The lowest BCUT2D eigenvalue weighted by atomic mass is 10.1. The van der Waals surface area contributed by atoms with Gasteiger partial charge in [-0.1, -0.05) is 13.0 Å². The maximum Gasteiger partial charge on any atom is 0.132 e. The summed E-state index contributed by atoms with van der Waals surface area (Å²) in [5.41, 5.74) is 1.89. The average Bonchev–Trinajstić information content (AvgIpc) is 2.68. The number of halogens is 1. The summed E-state index contributed by atoms with van der Waals surface area (Å²) in [6, 6.07) is 7.22. The first kappa shape index (κ1) is 12.1. The molecule has 2 aromatic rings. The molecule has 0 aliphatic rings. The van der Waals surface area contributed by atoms with E-state index in [2.05, 4.69) is 18.4 Å². The van der Waals surface area contributed by atoms with Crippen LogP contribution in [0.2, 0.25) is 0 Å². The van der Waals surface area contributed by atoms with Gasteiger partial charge in [0.15, 0.2) is 0 Å². The largest absolute Gasteiger partial charge is 0.396 e. The maximum atomic E-state index is 13.7. The number of nitrogens with zero attached hydrogens (tertiary/aromatic N) is 1. The summed E-state index contributed by atoms with van der Waals surface area (Å²) >= 11 is 0. The number of fused-ring (bicyclic) bond motifs is 1. The molecular formula is C14H18FNO. The Morgan fingerprint density at radius 2 is 2.00 bits per heavy atom. The van der Waals surface area contributed by atoms with Crippen LogP contribution in [0.5, 0.6) is 0 Å². The number of aliphatic hydroxyl groups is 1. The number of hydrogen-bond donors (Lipinski definition) is 1. The Morgan fingerprint density at radius 1 is 1.29 bits per heavy atom. The number of benzene rings is 1. The zero-order valence-corrected chi connectivity index (χ0v) is 10.4. The van der Waals surface area contributed by atoms with E-state index in [1.165, 1.54) is 6.07 Å². The molecule has 1 heterocycles. The molecule has 0 aliphatic carbocycles.